The van der Waals surface area contributed by atoms with E-state index in [1.54, 1.807) is 12.1 Å². The van der Waals surface area contributed by atoms with Gasteiger partial charge in [-0.25, -0.2) is 4.79 Å². The van der Waals surface area contributed by atoms with Crippen molar-refractivity contribution in [1.82, 2.24) is 10.2 Å². The zero-order valence-corrected chi connectivity index (χ0v) is 19.9. The van der Waals surface area contributed by atoms with Gasteiger partial charge in [-0.15, -0.1) is 0 Å². The molecule has 0 aliphatic heterocycles. The van der Waals surface area contributed by atoms with Crippen LogP contribution in [0.3, 0.4) is 0 Å². The maximum absolute atomic E-state index is 13.0. The van der Waals surface area contributed by atoms with E-state index >= 15 is 0 Å². The molecule has 1 atom stereocenters. The van der Waals surface area contributed by atoms with Gasteiger partial charge in [0.2, 0.25) is 0 Å². The van der Waals surface area contributed by atoms with E-state index in [1.807, 2.05) is 54.6 Å². The fraction of sp³-hybridized carbons (Fsp3) is 0.250. The second-order valence-electron chi connectivity index (χ2n) is 8.50. The maximum Gasteiger partial charge on any atom is 0.407 e. The molecule has 36 heavy (non-hydrogen) atoms. The van der Waals surface area contributed by atoms with Crippen molar-refractivity contribution in [1.29, 1.82) is 0 Å². The van der Waals surface area contributed by atoms with E-state index < -0.39 is 30.6 Å². The van der Waals surface area contributed by atoms with E-state index in [1.165, 1.54) is 12.0 Å². The molecule has 8 nitrogen and oxygen atoms in total. The molecule has 2 N–H and O–H groups in total. The van der Waals surface area contributed by atoms with Crippen LogP contribution in [0.25, 0.3) is 11.1 Å². The molecule has 0 saturated heterocycles. The summed E-state index contributed by atoms with van der Waals surface area (Å²) in [7, 11) is 1.34. The minimum absolute atomic E-state index is 0.0834. The Bertz CT molecular complexity index is 1180. The first-order chi connectivity index (χ1) is 17.5. The van der Waals surface area contributed by atoms with E-state index in [2.05, 4.69) is 17.4 Å². The second kappa shape index (κ2) is 11.5. The first-order valence-corrected chi connectivity index (χ1v) is 11.6. The van der Waals surface area contributed by atoms with Crippen molar-refractivity contribution in [2.75, 3.05) is 26.8 Å². The number of fused-ring (bicyclic) bond motifs is 3. The number of carboxylic acids is 1. The summed E-state index contributed by atoms with van der Waals surface area (Å²) in [5.74, 6) is -1.76. The molecule has 2 amide bonds. The molecule has 4 rings (SSSR count). The summed E-state index contributed by atoms with van der Waals surface area (Å²) in [6.45, 7) is -0.392. The van der Waals surface area contributed by atoms with Crippen molar-refractivity contribution in [2.24, 2.45) is 0 Å². The maximum atomic E-state index is 13.0. The van der Waals surface area contributed by atoms with Crippen LogP contribution in [0.1, 0.15) is 22.6 Å². The number of hydrogen-bond acceptors (Lipinski definition) is 5. The summed E-state index contributed by atoms with van der Waals surface area (Å²) in [5, 5.41) is 11.8. The first kappa shape index (κ1) is 24.9. The average molecular weight is 489 g/mol. The number of benzene rings is 3. The third-order valence-corrected chi connectivity index (χ3v) is 6.19. The molecule has 0 radical (unpaired) electrons. The van der Waals surface area contributed by atoms with Crippen LogP contribution in [-0.2, 0) is 25.6 Å². The van der Waals surface area contributed by atoms with Gasteiger partial charge in [-0.2, -0.15) is 0 Å². The number of alkyl carbamates (subject to hydrolysis) is 1. The van der Waals surface area contributed by atoms with Crippen LogP contribution in [-0.4, -0.2) is 60.9 Å². The Morgan fingerprint density at radius 1 is 0.917 bits per heavy atom. The number of ether oxygens (including phenoxy) is 2. The molecule has 0 bridgehead atoms. The third kappa shape index (κ3) is 5.72. The second-order valence-corrected chi connectivity index (χ2v) is 8.50. The predicted molar refractivity (Wildman–Crippen MR) is 133 cm³/mol. The molecule has 0 spiro atoms. The smallest absolute Gasteiger partial charge is 0.407 e. The third-order valence-electron chi connectivity index (χ3n) is 6.19. The number of carbonyl (C=O) groups is 3. The van der Waals surface area contributed by atoms with Gasteiger partial charge >= 0.3 is 12.1 Å². The highest BCUT2D eigenvalue weighted by Crippen LogP contribution is 2.44. The predicted octanol–water partition coefficient (Wildman–Crippen LogP) is 3.65. The van der Waals surface area contributed by atoms with Crippen LogP contribution in [0.4, 0.5) is 4.79 Å². The monoisotopic (exact) mass is 488 g/mol. The zero-order chi connectivity index (χ0) is 25.5. The fourth-order valence-electron chi connectivity index (χ4n) is 4.48. The van der Waals surface area contributed by atoms with E-state index in [9.17, 15) is 19.5 Å². The van der Waals surface area contributed by atoms with Crippen molar-refractivity contribution in [3.05, 3.63) is 95.6 Å². The molecule has 0 saturated carbocycles. The van der Waals surface area contributed by atoms with Crippen LogP contribution in [0.2, 0.25) is 0 Å². The quantitative estimate of drug-likeness (QED) is 0.451. The number of rotatable bonds is 10. The van der Waals surface area contributed by atoms with Crippen LogP contribution >= 0.6 is 0 Å². The lowest BCUT2D eigenvalue weighted by atomic mass is 9.98. The van der Waals surface area contributed by atoms with Crippen molar-refractivity contribution in [3.63, 3.8) is 0 Å². The van der Waals surface area contributed by atoms with Gasteiger partial charge in [0.05, 0.1) is 6.54 Å². The van der Waals surface area contributed by atoms with Gasteiger partial charge < -0.3 is 24.8 Å². The van der Waals surface area contributed by atoms with Crippen LogP contribution in [0.5, 0.6) is 0 Å². The molecule has 3 aromatic rings. The average Bonchev–Trinajstić information content (AvgIpc) is 3.21. The lowest BCUT2D eigenvalue weighted by Gasteiger charge is -2.25. The number of hydrogen-bond donors (Lipinski definition) is 2. The largest absolute Gasteiger partial charge is 0.480 e. The summed E-state index contributed by atoms with van der Waals surface area (Å²) in [4.78, 5) is 38.0. The van der Waals surface area contributed by atoms with Crippen molar-refractivity contribution >= 4 is 18.0 Å². The van der Waals surface area contributed by atoms with E-state index in [0.29, 0.717) is 0 Å². The Labute approximate surface area is 209 Å². The van der Waals surface area contributed by atoms with Crippen LogP contribution < -0.4 is 5.32 Å². The minimum Gasteiger partial charge on any atom is -0.480 e. The normalized spacial score (nSPS) is 12.8. The molecular weight excluding hydrogens is 460 g/mol. The Morgan fingerprint density at radius 2 is 1.50 bits per heavy atom. The Kier molecular flexibility index (Phi) is 7.97. The van der Waals surface area contributed by atoms with E-state index in [-0.39, 0.29) is 25.6 Å². The molecule has 1 unspecified atom stereocenters. The van der Waals surface area contributed by atoms with Gasteiger partial charge in [0.1, 0.15) is 13.2 Å². The lowest BCUT2D eigenvalue weighted by Crippen LogP contribution is -2.47. The molecular formula is C28H28N2O6. The van der Waals surface area contributed by atoms with Crippen LogP contribution in [0.15, 0.2) is 78.9 Å². The zero-order valence-electron chi connectivity index (χ0n) is 19.9. The first-order valence-electron chi connectivity index (χ1n) is 11.6. The molecule has 186 valence electrons. The standard InChI is InChI=1S/C28H28N2O6/c1-35-25(27(33)30(17-26(31)32)16-19-9-3-2-4-10-19)15-29-28(34)36-18-24-22-13-7-5-11-20(22)21-12-6-8-14-23(21)24/h2-14,24-25H,15-18H2,1H3,(H,29,34)(H,31,32). The topological polar surface area (TPSA) is 105 Å². The Hall–Kier alpha value is -4.17. The molecule has 0 aromatic heterocycles. The Balaban J connectivity index is 1.35. The fourth-order valence-corrected chi connectivity index (χ4v) is 4.48. The molecule has 1 aliphatic carbocycles. The summed E-state index contributed by atoms with van der Waals surface area (Å²) in [6, 6.07) is 25.1. The number of nitrogens with zero attached hydrogens (tertiary/aromatic N) is 1. The summed E-state index contributed by atoms with van der Waals surface area (Å²) in [5.41, 5.74) is 5.24. The van der Waals surface area contributed by atoms with Gasteiger partial charge in [0.25, 0.3) is 5.91 Å². The number of amides is 2. The number of carboxylic acid groups (broad SMARTS) is 1. The van der Waals surface area contributed by atoms with Crippen molar-refractivity contribution < 1.29 is 29.0 Å². The van der Waals surface area contributed by atoms with E-state index in [0.717, 1.165) is 27.8 Å². The molecule has 0 heterocycles. The van der Waals surface area contributed by atoms with Gasteiger partial charge in [-0.3, -0.25) is 9.59 Å². The highest BCUT2D eigenvalue weighted by atomic mass is 16.5. The van der Waals surface area contributed by atoms with Gasteiger partial charge in [-0.1, -0.05) is 78.9 Å². The molecule has 1 aliphatic rings. The van der Waals surface area contributed by atoms with Crippen LogP contribution in [0, 0.1) is 0 Å². The van der Waals surface area contributed by atoms with Gasteiger partial charge in [0, 0.05) is 19.6 Å². The number of methoxy groups -OCH3 is 1. The molecule has 3 aromatic carbocycles. The minimum atomic E-state index is -1.14. The SMILES string of the molecule is COC(CNC(=O)OCC1c2ccccc2-c2ccccc21)C(=O)N(CC(=O)O)Cc1ccccc1. The molecule has 0 fully saturated rings. The lowest BCUT2D eigenvalue weighted by molar-refractivity contribution is -0.150. The molecule has 8 heteroatoms. The van der Waals surface area contributed by atoms with Crippen molar-refractivity contribution in [3.8, 4) is 11.1 Å². The highest BCUT2D eigenvalue weighted by Gasteiger charge is 2.30. The van der Waals surface area contributed by atoms with Gasteiger partial charge in [0.15, 0.2) is 6.10 Å². The van der Waals surface area contributed by atoms with Crippen molar-refractivity contribution in [2.45, 2.75) is 18.6 Å². The summed E-state index contributed by atoms with van der Waals surface area (Å²) < 4.78 is 10.8. The Morgan fingerprint density at radius 3 is 2.08 bits per heavy atom. The highest BCUT2D eigenvalue weighted by molar-refractivity contribution is 5.85. The number of nitrogens with one attached hydrogen (secondary N) is 1. The summed E-state index contributed by atoms with van der Waals surface area (Å²) in [6.07, 6.45) is -1.74. The van der Waals surface area contributed by atoms with E-state index in [4.69, 9.17) is 9.47 Å². The number of carbonyl (C=O) groups excluding carboxylic acids is 2. The summed E-state index contributed by atoms with van der Waals surface area (Å²) >= 11 is 0. The van der Waals surface area contributed by atoms with Gasteiger partial charge in [-0.05, 0) is 27.8 Å². The number of aliphatic carboxylic acids is 1.